The van der Waals surface area contributed by atoms with Crippen LogP contribution in [-0.4, -0.2) is 30.6 Å². The van der Waals surface area contributed by atoms with Gasteiger partial charge in [0.2, 0.25) is 0 Å². The summed E-state index contributed by atoms with van der Waals surface area (Å²) in [6, 6.07) is 21.2. The van der Waals surface area contributed by atoms with Crippen molar-refractivity contribution in [3.63, 3.8) is 0 Å². The van der Waals surface area contributed by atoms with Crippen molar-refractivity contribution in [2.24, 2.45) is 5.92 Å². The van der Waals surface area contributed by atoms with Gasteiger partial charge in [0.25, 0.3) is 0 Å². The van der Waals surface area contributed by atoms with Gasteiger partial charge in [-0.1, -0.05) is 60.7 Å². The Hall–Kier alpha value is -2.13. The van der Waals surface area contributed by atoms with Gasteiger partial charge in [-0.2, -0.15) is 0 Å². The molecule has 2 aromatic rings. The van der Waals surface area contributed by atoms with Gasteiger partial charge < -0.3 is 4.74 Å². The number of benzene rings is 2. The lowest BCUT2D eigenvalue weighted by Crippen LogP contribution is -2.29. The number of ether oxygens (including phenoxy) is 1. The van der Waals surface area contributed by atoms with Gasteiger partial charge in [0.15, 0.2) is 0 Å². The van der Waals surface area contributed by atoms with Crippen molar-refractivity contribution in [3.05, 3.63) is 71.8 Å². The van der Waals surface area contributed by atoms with Crippen molar-refractivity contribution in [1.29, 1.82) is 0 Å². The highest BCUT2D eigenvalue weighted by Gasteiger charge is 2.34. The second kappa shape index (κ2) is 7.42. The maximum Gasteiger partial charge on any atom is 0.310 e. The summed E-state index contributed by atoms with van der Waals surface area (Å²) in [6.45, 7) is 3.99. The molecule has 0 saturated carbocycles. The van der Waals surface area contributed by atoms with Crippen LogP contribution < -0.4 is 0 Å². The number of nitrogens with zero attached hydrogens (tertiary/aromatic N) is 1. The third-order valence-electron chi connectivity index (χ3n) is 4.44. The minimum atomic E-state index is -0.0603. The quantitative estimate of drug-likeness (QED) is 0.789. The molecule has 0 N–H and O–H groups in total. The van der Waals surface area contributed by atoms with Crippen LogP contribution in [0.5, 0.6) is 0 Å². The molecule has 0 aliphatic carbocycles. The molecule has 2 aromatic carbocycles. The highest BCUT2D eigenvalue weighted by molar-refractivity contribution is 5.73. The number of rotatable bonds is 5. The monoisotopic (exact) mass is 309 g/mol. The number of carbonyl (C=O) groups excluding carboxylic acids is 1. The van der Waals surface area contributed by atoms with E-state index in [9.17, 15) is 4.79 Å². The Bertz CT molecular complexity index is 587. The van der Waals surface area contributed by atoms with Crippen molar-refractivity contribution in [1.82, 2.24) is 4.90 Å². The SMILES string of the molecule is CCOC(=O)C1CCN(C(c2ccccc2)c2ccccc2)C1. The van der Waals surface area contributed by atoms with E-state index < -0.39 is 0 Å². The largest absolute Gasteiger partial charge is 0.466 e. The molecule has 1 aliphatic heterocycles. The molecule has 1 atom stereocenters. The highest BCUT2D eigenvalue weighted by Crippen LogP contribution is 2.33. The number of hydrogen-bond acceptors (Lipinski definition) is 3. The van der Waals surface area contributed by atoms with E-state index in [2.05, 4.69) is 53.4 Å². The Kier molecular flexibility index (Phi) is 5.09. The van der Waals surface area contributed by atoms with Gasteiger partial charge in [-0.3, -0.25) is 9.69 Å². The molecule has 0 radical (unpaired) electrons. The fraction of sp³-hybridized carbons (Fsp3) is 0.350. The van der Waals surface area contributed by atoms with Crippen molar-refractivity contribution >= 4 is 5.97 Å². The Labute approximate surface area is 137 Å². The molecule has 0 spiro atoms. The van der Waals surface area contributed by atoms with Crippen LogP contribution in [0.25, 0.3) is 0 Å². The minimum Gasteiger partial charge on any atom is -0.466 e. The molecule has 3 nitrogen and oxygen atoms in total. The highest BCUT2D eigenvalue weighted by atomic mass is 16.5. The van der Waals surface area contributed by atoms with Crippen LogP contribution in [0, 0.1) is 5.92 Å². The molecule has 1 fully saturated rings. The molecule has 1 saturated heterocycles. The van der Waals surface area contributed by atoms with Gasteiger partial charge in [-0.15, -0.1) is 0 Å². The average molecular weight is 309 g/mol. The molecule has 0 aromatic heterocycles. The van der Waals surface area contributed by atoms with Crippen LogP contribution in [0.2, 0.25) is 0 Å². The molecular formula is C20H23NO2. The van der Waals surface area contributed by atoms with Gasteiger partial charge in [0.05, 0.1) is 18.6 Å². The first kappa shape index (κ1) is 15.8. The second-order valence-electron chi connectivity index (χ2n) is 5.96. The number of hydrogen-bond donors (Lipinski definition) is 0. The standard InChI is InChI=1S/C20H23NO2/c1-2-23-20(22)18-13-14-21(15-18)19(16-9-5-3-6-10-16)17-11-7-4-8-12-17/h3-12,18-19H,2,13-15H2,1H3. The smallest absolute Gasteiger partial charge is 0.310 e. The maximum atomic E-state index is 12.0. The van der Waals surface area contributed by atoms with Gasteiger partial charge >= 0.3 is 5.97 Å². The molecular weight excluding hydrogens is 286 g/mol. The van der Waals surface area contributed by atoms with Gasteiger partial charge in [0, 0.05) is 6.54 Å². The summed E-state index contributed by atoms with van der Waals surface area (Å²) in [5, 5.41) is 0. The molecule has 0 bridgehead atoms. The Morgan fingerprint density at radius 1 is 1.09 bits per heavy atom. The van der Waals surface area contributed by atoms with E-state index in [1.54, 1.807) is 0 Å². The summed E-state index contributed by atoms with van der Waals surface area (Å²) in [5.74, 6) is -0.0697. The van der Waals surface area contributed by atoms with E-state index in [0.29, 0.717) is 6.61 Å². The summed E-state index contributed by atoms with van der Waals surface area (Å²) in [4.78, 5) is 14.4. The van der Waals surface area contributed by atoms with Crippen LogP contribution in [0.15, 0.2) is 60.7 Å². The third kappa shape index (κ3) is 3.62. The lowest BCUT2D eigenvalue weighted by molar-refractivity contribution is -0.147. The van der Waals surface area contributed by atoms with Crippen LogP contribution in [-0.2, 0) is 9.53 Å². The number of esters is 1. The van der Waals surface area contributed by atoms with Crippen molar-refractivity contribution in [3.8, 4) is 0 Å². The van der Waals surface area contributed by atoms with E-state index in [-0.39, 0.29) is 17.9 Å². The maximum absolute atomic E-state index is 12.0. The van der Waals surface area contributed by atoms with E-state index in [1.807, 2.05) is 19.1 Å². The Balaban J connectivity index is 1.84. The van der Waals surface area contributed by atoms with E-state index in [1.165, 1.54) is 11.1 Å². The van der Waals surface area contributed by atoms with Gasteiger partial charge in [-0.05, 0) is 31.0 Å². The first-order valence-corrected chi connectivity index (χ1v) is 8.30. The first-order valence-electron chi connectivity index (χ1n) is 8.30. The topological polar surface area (TPSA) is 29.5 Å². The average Bonchev–Trinajstić information content (AvgIpc) is 3.07. The predicted molar refractivity (Wildman–Crippen MR) is 91.0 cm³/mol. The third-order valence-corrected chi connectivity index (χ3v) is 4.44. The lowest BCUT2D eigenvalue weighted by atomic mass is 9.97. The van der Waals surface area contributed by atoms with E-state index in [4.69, 9.17) is 4.74 Å². The zero-order chi connectivity index (χ0) is 16.1. The number of carbonyl (C=O) groups is 1. The van der Waals surface area contributed by atoms with Crippen LogP contribution in [0.4, 0.5) is 0 Å². The molecule has 120 valence electrons. The molecule has 3 rings (SSSR count). The van der Waals surface area contributed by atoms with Gasteiger partial charge in [0.1, 0.15) is 0 Å². The lowest BCUT2D eigenvalue weighted by Gasteiger charge is -2.28. The van der Waals surface area contributed by atoms with Crippen molar-refractivity contribution in [2.75, 3.05) is 19.7 Å². The van der Waals surface area contributed by atoms with Crippen LogP contribution >= 0.6 is 0 Å². The second-order valence-corrected chi connectivity index (χ2v) is 5.96. The molecule has 1 aliphatic rings. The van der Waals surface area contributed by atoms with E-state index in [0.717, 1.165) is 19.5 Å². The zero-order valence-corrected chi connectivity index (χ0v) is 13.5. The fourth-order valence-corrected chi connectivity index (χ4v) is 3.36. The van der Waals surface area contributed by atoms with Crippen molar-refractivity contribution < 1.29 is 9.53 Å². The number of likely N-dealkylation sites (tertiary alicyclic amines) is 1. The summed E-state index contributed by atoms with van der Waals surface area (Å²) < 4.78 is 5.20. The van der Waals surface area contributed by atoms with Gasteiger partial charge in [-0.25, -0.2) is 0 Å². The molecule has 1 unspecified atom stereocenters. The summed E-state index contributed by atoms with van der Waals surface area (Å²) in [5.41, 5.74) is 2.53. The minimum absolute atomic E-state index is 0.00938. The summed E-state index contributed by atoms with van der Waals surface area (Å²) in [7, 11) is 0. The normalized spacial score (nSPS) is 18.3. The Morgan fingerprint density at radius 3 is 2.17 bits per heavy atom. The summed E-state index contributed by atoms with van der Waals surface area (Å²) in [6.07, 6.45) is 0.870. The fourth-order valence-electron chi connectivity index (χ4n) is 3.36. The molecule has 23 heavy (non-hydrogen) atoms. The van der Waals surface area contributed by atoms with Crippen LogP contribution in [0.1, 0.15) is 30.5 Å². The Morgan fingerprint density at radius 2 is 1.65 bits per heavy atom. The first-order chi connectivity index (χ1) is 11.3. The summed E-state index contributed by atoms with van der Waals surface area (Å²) >= 11 is 0. The van der Waals surface area contributed by atoms with E-state index >= 15 is 0 Å². The molecule has 0 amide bonds. The molecule has 1 heterocycles. The zero-order valence-electron chi connectivity index (χ0n) is 13.5. The van der Waals surface area contributed by atoms with Crippen LogP contribution in [0.3, 0.4) is 0 Å². The molecule has 3 heteroatoms. The predicted octanol–water partition coefficient (Wildman–Crippen LogP) is 3.66. The van der Waals surface area contributed by atoms with Crippen molar-refractivity contribution in [2.45, 2.75) is 19.4 Å².